The van der Waals surface area contributed by atoms with Gasteiger partial charge in [-0.05, 0) is 37.6 Å². The first-order valence-corrected chi connectivity index (χ1v) is 8.72. The second-order valence-electron chi connectivity index (χ2n) is 6.58. The van der Waals surface area contributed by atoms with Crippen LogP contribution in [0.1, 0.15) is 30.9 Å². The van der Waals surface area contributed by atoms with Crippen molar-refractivity contribution in [2.45, 2.75) is 19.8 Å². The van der Waals surface area contributed by atoms with E-state index in [2.05, 4.69) is 0 Å². The number of Topliss-reactive ketones (excluding diaryl/α,β-unsaturated/α-hetero) is 1. The van der Waals surface area contributed by atoms with Gasteiger partial charge in [-0.15, -0.1) is 0 Å². The molecular weight excluding hydrogens is 364 g/mol. The Balaban J connectivity index is 1.97. The van der Waals surface area contributed by atoms with Crippen LogP contribution in [0.2, 0.25) is 0 Å². The number of carbonyl (C=O) groups is 1. The predicted octanol–water partition coefficient (Wildman–Crippen LogP) is 3.53. The van der Waals surface area contributed by atoms with Crippen molar-refractivity contribution in [2.75, 3.05) is 21.0 Å². The fraction of sp³-hybridized carbons (Fsp3) is 0.286. The second-order valence-corrected chi connectivity index (χ2v) is 6.58. The number of carbonyl (C=O) groups excluding carboxylic acids is 1. The Bertz CT molecular complexity index is 981. The number of phenolic OH excluding ortho intramolecular Hbond substituents is 1. The van der Waals surface area contributed by atoms with Crippen molar-refractivity contribution < 1.29 is 33.6 Å². The second kappa shape index (κ2) is 6.67. The number of hydrogen-bond donors (Lipinski definition) is 1. The third kappa shape index (κ3) is 2.70. The zero-order chi connectivity index (χ0) is 20.0. The van der Waals surface area contributed by atoms with E-state index >= 15 is 0 Å². The SMILES string of the molecule is COc1cc([C@@H]2C(C(C)=O)=C(C)Oc3cc4c(cc32)OCO4)cc(OC)c1O. The van der Waals surface area contributed by atoms with Crippen LogP contribution in [0.15, 0.2) is 35.6 Å². The molecule has 0 saturated carbocycles. The minimum Gasteiger partial charge on any atom is -0.502 e. The van der Waals surface area contributed by atoms with E-state index in [0.29, 0.717) is 28.6 Å². The molecule has 0 saturated heterocycles. The number of phenols is 1. The molecule has 0 bridgehead atoms. The maximum atomic E-state index is 12.5. The first-order valence-electron chi connectivity index (χ1n) is 8.72. The van der Waals surface area contributed by atoms with E-state index < -0.39 is 5.92 Å². The molecule has 0 unspecified atom stereocenters. The quantitative estimate of drug-likeness (QED) is 0.863. The zero-order valence-corrected chi connectivity index (χ0v) is 16.0. The molecule has 1 N–H and O–H groups in total. The van der Waals surface area contributed by atoms with Crippen molar-refractivity contribution in [3.63, 3.8) is 0 Å². The first kappa shape index (κ1) is 18.0. The van der Waals surface area contributed by atoms with Gasteiger partial charge in [-0.2, -0.15) is 0 Å². The summed E-state index contributed by atoms with van der Waals surface area (Å²) >= 11 is 0. The summed E-state index contributed by atoms with van der Waals surface area (Å²) in [6, 6.07) is 6.97. The maximum Gasteiger partial charge on any atom is 0.231 e. The van der Waals surface area contributed by atoms with E-state index in [4.69, 9.17) is 23.7 Å². The summed E-state index contributed by atoms with van der Waals surface area (Å²) in [6.45, 7) is 3.39. The van der Waals surface area contributed by atoms with Crippen molar-refractivity contribution in [3.8, 4) is 34.5 Å². The average Bonchev–Trinajstić information content (AvgIpc) is 3.12. The highest BCUT2D eigenvalue weighted by Crippen LogP contribution is 2.50. The van der Waals surface area contributed by atoms with Gasteiger partial charge in [0.1, 0.15) is 11.5 Å². The number of hydrogen-bond acceptors (Lipinski definition) is 7. The van der Waals surface area contributed by atoms with Gasteiger partial charge in [0, 0.05) is 23.1 Å². The zero-order valence-electron chi connectivity index (χ0n) is 16.0. The van der Waals surface area contributed by atoms with Crippen molar-refractivity contribution in [3.05, 3.63) is 46.7 Å². The summed E-state index contributed by atoms with van der Waals surface area (Å²) in [4.78, 5) is 12.5. The van der Waals surface area contributed by atoms with Crippen molar-refractivity contribution >= 4 is 5.78 Å². The number of aromatic hydroxyl groups is 1. The number of methoxy groups -OCH3 is 2. The molecule has 1 atom stereocenters. The third-order valence-electron chi connectivity index (χ3n) is 4.96. The average molecular weight is 384 g/mol. The number of ether oxygens (including phenoxy) is 5. The van der Waals surface area contributed by atoms with E-state index in [1.165, 1.54) is 21.1 Å². The lowest BCUT2D eigenvalue weighted by Gasteiger charge is -2.29. The molecule has 7 heteroatoms. The predicted molar refractivity (Wildman–Crippen MR) is 99.6 cm³/mol. The highest BCUT2D eigenvalue weighted by atomic mass is 16.7. The summed E-state index contributed by atoms with van der Waals surface area (Å²) in [5.41, 5.74) is 2.00. The normalized spacial score (nSPS) is 17.1. The van der Waals surface area contributed by atoms with Gasteiger partial charge in [0.05, 0.1) is 14.2 Å². The Morgan fingerprint density at radius 3 is 2.21 bits per heavy atom. The van der Waals surface area contributed by atoms with Crippen molar-refractivity contribution in [1.29, 1.82) is 0 Å². The van der Waals surface area contributed by atoms with Crippen molar-refractivity contribution in [2.24, 2.45) is 0 Å². The minimum atomic E-state index is -0.445. The summed E-state index contributed by atoms with van der Waals surface area (Å²) in [5, 5.41) is 10.3. The molecule has 0 aromatic heterocycles. The highest BCUT2D eigenvalue weighted by Gasteiger charge is 2.35. The van der Waals surface area contributed by atoms with Crippen LogP contribution in [-0.2, 0) is 4.79 Å². The van der Waals surface area contributed by atoms with Crippen LogP contribution in [0.25, 0.3) is 0 Å². The van der Waals surface area contributed by atoms with Crippen LogP contribution in [0.5, 0.6) is 34.5 Å². The molecule has 2 aromatic carbocycles. The summed E-state index contributed by atoms with van der Waals surface area (Å²) in [7, 11) is 2.92. The molecule has 2 heterocycles. The minimum absolute atomic E-state index is 0.100. The van der Waals surface area contributed by atoms with Gasteiger partial charge in [0.2, 0.25) is 12.5 Å². The largest absolute Gasteiger partial charge is 0.502 e. The van der Waals surface area contributed by atoms with Gasteiger partial charge >= 0.3 is 0 Å². The molecule has 7 nitrogen and oxygen atoms in total. The number of benzene rings is 2. The fourth-order valence-corrected chi connectivity index (χ4v) is 3.71. The van der Waals surface area contributed by atoms with E-state index in [1.54, 1.807) is 25.1 Å². The lowest BCUT2D eigenvalue weighted by molar-refractivity contribution is -0.114. The van der Waals surface area contributed by atoms with Crippen LogP contribution in [-0.4, -0.2) is 31.9 Å². The van der Waals surface area contributed by atoms with E-state index in [9.17, 15) is 9.90 Å². The molecule has 0 amide bonds. The van der Waals surface area contributed by atoms with Crippen LogP contribution < -0.4 is 23.7 Å². The van der Waals surface area contributed by atoms with Crippen molar-refractivity contribution in [1.82, 2.24) is 0 Å². The highest BCUT2D eigenvalue weighted by molar-refractivity contribution is 5.97. The van der Waals surface area contributed by atoms with E-state index in [0.717, 1.165) is 11.1 Å². The Labute approximate surface area is 162 Å². The third-order valence-corrected chi connectivity index (χ3v) is 4.96. The molecule has 0 fully saturated rings. The summed E-state index contributed by atoms with van der Waals surface area (Å²) in [5.74, 6) is 2.13. The molecule has 0 spiro atoms. The van der Waals surface area contributed by atoms with Gasteiger partial charge in [0.15, 0.2) is 28.8 Å². The van der Waals surface area contributed by atoms with Gasteiger partial charge in [0.25, 0.3) is 0 Å². The lowest BCUT2D eigenvalue weighted by atomic mass is 9.80. The molecule has 28 heavy (non-hydrogen) atoms. The van der Waals surface area contributed by atoms with Gasteiger partial charge in [-0.25, -0.2) is 0 Å². The summed E-state index contributed by atoms with van der Waals surface area (Å²) in [6.07, 6.45) is 0. The molecule has 0 aliphatic carbocycles. The lowest BCUT2D eigenvalue weighted by Crippen LogP contribution is -2.20. The molecule has 4 rings (SSSR count). The molecule has 146 valence electrons. The van der Waals surface area contributed by atoms with Gasteiger partial charge < -0.3 is 28.8 Å². The van der Waals surface area contributed by atoms with E-state index in [-0.39, 0.29) is 29.8 Å². The monoisotopic (exact) mass is 384 g/mol. The number of fused-ring (bicyclic) bond motifs is 2. The van der Waals surface area contributed by atoms with Crippen LogP contribution >= 0.6 is 0 Å². The Morgan fingerprint density at radius 1 is 1.04 bits per heavy atom. The Morgan fingerprint density at radius 2 is 1.64 bits per heavy atom. The Kier molecular flexibility index (Phi) is 4.30. The molecule has 2 aliphatic heterocycles. The van der Waals surface area contributed by atoms with Crippen LogP contribution in [0.3, 0.4) is 0 Å². The smallest absolute Gasteiger partial charge is 0.231 e. The molecule has 2 aliphatic rings. The number of allylic oxidation sites excluding steroid dienone is 2. The number of rotatable bonds is 4. The fourth-order valence-electron chi connectivity index (χ4n) is 3.71. The number of ketones is 1. The Hall–Kier alpha value is -3.35. The van der Waals surface area contributed by atoms with E-state index in [1.807, 2.05) is 6.07 Å². The summed E-state index contributed by atoms with van der Waals surface area (Å²) < 4.78 is 27.5. The van der Waals surface area contributed by atoms with Crippen LogP contribution in [0.4, 0.5) is 0 Å². The maximum absolute atomic E-state index is 12.5. The molecule has 0 radical (unpaired) electrons. The molecular formula is C21H20O7. The van der Waals surface area contributed by atoms with Gasteiger partial charge in [-0.1, -0.05) is 0 Å². The standard InChI is InChI=1S/C21H20O7/c1-10(22)19-11(2)28-14-8-16-15(26-9-27-16)7-13(14)20(19)12-5-17(24-3)21(23)18(6-12)25-4/h5-8,20,23H,9H2,1-4H3/t20-/m0/s1. The topological polar surface area (TPSA) is 83.5 Å². The van der Waals surface area contributed by atoms with Crippen LogP contribution in [0, 0.1) is 0 Å². The first-order chi connectivity index (χ1) is 13.4. The molecule has 2 aromatic rings. The van der Waals surface area contributed by atoms with Gasteiger partial charge in [-0.3, -0.25) is 4.79 Å².